The second-order valence-electron chi connectivity index (χ2n) is 5.58. The molecule has 0 spiro atoms. The van der Waals surface area contributed by atoms with Crippen molar-refractivity contribution >= 4 is 11.0 Å². The summed E-state index contributed by atoms with van der Waals surface area (Å²) < 4.78 is 2.22. The normalized spacial score (nSPS) is 22.2. The van der Waals surface area contributed by atoms with Crippen molar-refractivity contribution in [3.63, 3.8) is 0 Å². The maximum absolute atomic E-state index is 5.78. The van der Waals surface area contributed by atoms with Gasteiger partial charge in [0.25, 0.3) is 0 Å². The minimum absolute atomic E-state index is 0.356. The van der Waals surface area contributed by atoms with E-state index in [9.17, 15) is 0 Å². The molecule has 0 aliphatic carbocycles. The molecule has 102 valence electrons. The first-order valence-electron chi connectivity index (χ1n) is 7.06. The van der Waals surface area contributed by atoms with E-state index in [4.69, 9.17) is 10.7 Å². The molecular weight excluding hydrogens is 236 g/mol. The van der Waals surface area contributed by atoms with E-state index < -0.39 is 0 Å². The molecule has 0 bridgehead atoms. The molecule has 2 aromatic rings. The van der Waals surface area contributed by atoms with Gasteiger partial charge in [-0.15, -0.1) is 0 Å². The van der Waals surface area contributed by atoms with Gasteiger partial charge in [-0.1, -0.05) is 12.1 Å². The lowest BCUT2D eigenvalue weighted by molar-refractivity contribution is 0.241. The number of nitrogens with zero attached hydrogens (tertiary/aromatic N) is 3. The van der Waals surface area contributed by atoms with Crippen molar-refractivity contribution in [3.05, 3.63) is 30.1 Å². The van der Waals surface area contributed by atoms with E-state index in [2.05, 4.69) is 41.6 Å². The highest BCUT2D eigenvalue weighted by Crippen LogP contribution is 2.28. The van der Waals surface area contributed by atoms with Gasteiger partial charge in [0.1, 0.15) is 5.82 Å². The summed E-state index contributed by atoms with van der Waals surface area (Å²) in [7, 11) is 2.11. The Morgan fingerprint density at radius 1 is 1.42 bits per heavy atom. The zero-order valence-corrected chi connectivity index (χ0v) is 11.7. The number of para-hydroxylation sites is 2. The van der Waals surface area contributed by atoms with Crippen molar-refractivity contribution in [2.45, 2.75) is 19.4 Å². The highest BCUT2D eigenvalue weighted by molar-refractivity contribution is 5.75. The third-order valence-corrected chi connectivity index (χ3v) is 4.39. The average molecular weight is 258 g/mol. The third-order valence-electron chi connectivity index (χ3n) is 4.39. The van der Waals surface area contributed by atoms with Crippen LogP contribution in [-0.4, -0.2) is 34.1 Å². The van der Waals surface area contributed by atoms with E-state index in [-0.39, 0.29) is 0 Å². The van der Waals surface area contributed by atoms with E-state index in [0.29, 0.717) is 12.0 Å². The molecule has 2 atom stereocenters. The summed E-state index contributed by atoms with van der Waals surface area (Å²) in [4.78, 5) is 7.30. The van der Waals surface area contributed by atoms with Gasteiger partial charge in [-0.2, -0.15) is 0 Å². The number of likely N-dealkylation sites (tertiary alicyclic amines) is 1. The van der Waals surface area contributed by atoms with Crippen LogP contribution in [0.5, 0.6) is 0 Å². The van der Waals surface area contributed by atoms with Crippen LogP contribution in [0.2, 0.25) is 0 Å². The molecule has 0 saturated carbocycles. The number of benzene rings is 1. The van der Waals surface area contributed by atoms with Gasteiger partial charge in [0.15, 0.2) is 0 Å². The third kappa shape index (κ3) is 2.15. The maximum atomic E-state index is 5.78. The lowest BCUT2D eigenvalue weighted by atomic mass is 10.1. The molecule has 4 heteroatoms. The van der Waals surface area contributed by atoms with Crippen molar-refractivity contribution in [1.82, 2.24) is 14.5 Å². The molecule has 3 rings (SSSR count). The highest BCUT2D eigenvalue weighted by Gasteiger charge is 2.28. The van der Waals surface area contributed by atoms with Gasteiger partial charge in [-0.05, 0) is 44.5 Å². The van der Waals surface area contributed by atoms with Crippen LogP contribution >= 0.6 is 0 Å². The van der Waals surface area contributed by atoms with E-state index >= 15 is 0 Å². The summed E-state index contributed by atoms with van der Waals surface area (Å²) in [5, 5.41) is 0. The average Bonchev–Trinajstić information content (AvgIpc) is 3.04. The number of imidazole rings is 1. The van der Waals surface area contributed by atoms with E-state index in [1.54, 1.807) is 0 Å². The standard InChI is InChI=1S/C15H22N4/c1-11(19-8-7-12(9-16)10-19)15-17-13-5-3-4-6-14(13)18(15)2/h3-6,11-12H,7-10,16H2,1-2H3. The number of rotatable bonds is 3. The molecule has 1 aromatic heterocycles. The van der Waals surface area contributed by atoms with Crippen LogP contribution < -0.4 is 5.73 Å². The molecule has 2 N–H and O–H groups in total. The summed E-state index contributed by atoms with van der Waals surface area (Å²) in [6.45, 7) is 5.28. The summed E-state index contributed by atoms with van der Waals surface area (Å²) in [6.07, 6.45) is 1.21. The van der Waals surface area contributed by atoms with Gasteiger partial charge in [0.05, 0.1) is 17.1 Å². The number of nitrogens with two attached hydrogens (primary N) is 1. The Morgan fingerprint density at radius 3 is 2.89 bits per heavy atom. The molecule has 4 nitrogen and oxygen atoms in total. The monoisotopic (exact) mass is 258 g/mol. The smallest absolute Gasteiger partial charge is 0.126 e. The molecule has 2 heterocycles. The predicted octanol–water partition coefficient (Wildman–Crippen LogP) is 1.91. The van der Waals surface area contributed by atoms with Crippen LogP contribution in [-0.2, 0) is 7.05 Å². The Labute approximate surface area is 114 Å². The second kappa shape index (κ2) is 4.94. The van der Waals surface area contributed by atoms with Crippen molar-refractivity contribution in [3.8, 4) is 0 Å². The van der Waals surface area contributed by atoms with Crippen molar-refractivity contribution in [2.24, 2.45) is 18.7 Å². The zero-order chi connectivity index (χ0) is 13.4. The van der Waals surface area contributed by atoms with Gasteiger partial charge in [0, 0.05) is 13.6 Å². The number of hydrogen-bond donors (Lipinski definition) is 1. The molecule has 0 radical (unpaired) electrons. The predicted molar refractivity (Wildman–Crippen MR) is 77.9 cm³/mol. The van der Waals surface area contributed by atoms with Gasteiger partial charge < -0.3 is 10.3 Å². The summed E-state index contributed by atoms with van der Waals surface area (Å²) in [5.41, 5.74) is 8.07. The Balaban J connectivity index is 1.89. The Hall–Kier alpha value is -1.39. The fraction of sp³-hybridized carbons (Fsp3) is 0.533. The lowest BCUT2D eigenvalue weighted by Crippen LogP contribution is -2.27. The first kappa shape index (κ1) is 12.6. The Bertz CT molecular complexity index is 575. The number of aryl methyl sites for hydroxylation is 1. The quantitative estimate of drug-likeness (QED) is 0.915. The van der Waals surface area contributed by atoms with Crippen LogP contribution in [0, 0.1) is 5.92 Å². The molecule has 1 aliphatic rings. The summed E-state index contributed by atoms with van der Waals surface area (Å²) >= 11 is 0. The molecule has 0 amide bonds. The van der Waals surface area contributed by atoms with Crippen LogP contribution in [0.15, 0.2) is 24.3 Å². The van der Waals surface area contributed by atoms with Crippen LogP contribution in [0.3, 0.4) is 0 Å². The van der Waals surface area contributed by atoms with E-state index in [0.717, 1.165) is 31.0 Å². The van der Waals surface area contributed by atoms with Crippen molar-refractivity contribution < 1.29 is 0 Å². The van der Waals surface area contributed by atoms with Gasteiger partial charge in [-0.3, -0.25) is 4.90 Å². The van der Waals surface area contributed by atoms with Crippen LogP contribution in [0.4, 0.5) is 0 Å². The minimum atomic E-state index is 0.356. The second-order valence-corrected chi connectivity index (χ2v) is 5.58. The Kier molecular flexibility index (Phi) is 3.29. The SMILES string of the molecule is CC(c1nc2ccccc2n1C)N1CCC(CN)C1. The maximum Gasteiger partial charge on any atom is 0.126 e. The largest absolute Gasteiger partial charge is 0.330 e. The molecular formula is C15H22N4. The van der Waals surface area contributed by atoms with Gasteiger partial charge in [-0.25, -0.2) is 4.98 Å². The topological polar surface area (TPSA) is 47.1 Å². The van der Waals surface area contributed by atoms with Crippen molar-refractivity contribution in [1.29, 1.82) is 0 Å². The fourth-order valence-electron chi connectivity index (χ4n) is 3.11. The fourth-order valence-corrected chi connectivity index (χ4v) is 3.11. The molecule has 1 aliphatic heterocycles. The molecule has 2 unspecified atom stereocenters. The van der Waals surface area contributed by atoms with Gasteiger partial charge in [0.2, 0.25) is 0 Å². The highest BCUT2D eigenvalue weighted by atomic mass is 15.2. The van der Waals surface area contributed by atoms with E-state index in [1.807, 2.05) is 6.07 Å². The molecule has 1 fully saturated rings. The number of aromatic nitrogens is 2. The molecule has 19 heavy (non-hydrogen) atoms. The Morgan fingerprint density at radius 2 is 2.21 bits per heavy atom. The zero-order valence-electron chi connectivity index (χ0n) is 11.7. The van der Waals surface area contributed by atoms with Crippen molar-refractivity contribution in [2.75, 3.05) is 19.6 Å². The number of hydrogen-bond acceptors (Lipinski definition) is 3. The van der Waals surface area contributed by atoms with E-state index in [1.165, 1.54) is 11.9 Å². The molecule has 1 saturated heterocycles. The summed E-state index contributed by atoms with van der Waals surface area (Å²) in [5.74, 6) is 1.80. The first-order chi connectivity index (χ1) is 9.20. The van der Waals surface area contributed by atoms with Crippen LogP contribution in [0.1, 0.15) is 25.2 Å². The molecule has 1 aromatic carbocycles. The van der Waals surface area contributed by atoms with Crippen LogP contribution in [0.25, 0.3) is 11.0 Å². The minimum Gasteiger partial charge on any atom is -0.330 e. The van der Waals surface area contributed by atoms with Gasteiger partial charge >= 0.3 is 0 Å². The lowest BCUT2D eigenvalue weighted by Gasteiger charge is -2.23. The number of fused-ring (bicyclic) bond motifs is 1. The summed E-state index contributed by atoms with van der Waals surface area (Å²) in [6, 6.07) is 8.68. The first-order valence-corrected chi connectivity index (χ1v) is 7.06.